The molecule has 106 valence electrons. The van der Waals surface area contributed by atoms with Crippen molar-refractivity contribution in [1.29, 1.82) is 0 Å². The van der Waals surface area contributed by atoms with Crippen LogP contribution in [0.25, 0.3) is 10.9 Å². The Bertz CT molecular complexity index is 827. The van der Waals surface area contributed by atoms with Crippen LogP contribution in [-0.2, 0) is 15.7 Å². The lowest BCUT2D eigenvalue weighted by molar-refractivity contribution is 0.0594. The van der Waals surface area contributed by atoms with Gasteiger partial charge in [0.25, 0.3) is 0 Å². The second kappa shape index (κ2) is 5.49. The summed E-state index contributed by atoms with van der Waals surface area (Å²) >= 11 is 0. The van der Waals surface area contributed by atoms with Gasteiger partial charge in [-0.15, -0.1) is 0 Å². The molecule has 0 amide bonds. The van der Waals surface area contributed by atoms with Crippen LogP contribution in [0.1, 0.15) is 10.5 Å². The molecular weight excluding hydrogens is 288 g/mol. The van der Waals surface area contributed by atoms with E-state index >= 15 is 0 Å². The monoisotopic (exact) mass is 300 g/mol. The quantitative estimate of drug-likeness (QED) is 0.697. The van der Waals surface area contributed by atoms with Gasteiger partial charge in [-0.3, -0.25) is 3.97 Å². The fourth-order valence-corrected chi connectivity index (χ4v) is 3.14. The first-order valence-corrected chi connectivity index (χ1v) is 7.34. The molecule has 21 heavy (non-hydrogen) atoms. The molecule has 0 radical (unpaired) electrons. The topological polar surface area (TPSA) is 61.2 Å². The van der Waals surface area contributed by atoms with Gasteiger partial charge in [0.15, 0.2) is 11.0 Å². The molecule has 0 aliphatic heterocycles. The summed E-state index contributed by atoms with van der Waals surface area (Å²) in [5, 5.41) is 0.787. The highest BCUT2D eigenvalue weighted by Gasteiger charge is 2.13. The van der Waals surface area contributed by atoms with Crippen molar-refractivity contribution in [3.05, 3.63) is 60.6 Å². The van der Waals surface area contributed by atoms with Crippen molar-refractivity contribution in [3.63, 3.8) is 0 Å². The standard InChI is InChI=1S/C15H12N2O3S/c1-20-15(18)13-9-11-7-8-17(14(11)10-16-13)21(19)12-5-3-2-4-6-12/h2-10H,1H3. The van der Waals surface area contributed by atoms with Gasteiger partial charge in [0.05, 0.1) is 23.7 Å². The van der Waals surface area contributed by atoms with Crippen molar-refractivity contribution in [1.82, 2.24) is 8.96 Å². The zero-order valence-electron chi connectivity index (χ0n) is 11.2. The minimum absolute atomic E-state index is 0.230. The van der Waals surface area contributed by atoms with Crippen LogP contribution in [0.3, 0.4) is 0 Å². The zero-order chi connectivity index (χ0) is 14.8. The molecule has 0 fully saturated rings. The predicted molar refractivity (Wildman–Crippen MR) is 79.3 cm³/mol. The van der Waals surface area contributed by atoms with E-state index in [1.807, 2.05) is 18.2 Å². The molecule has 0 N–H and O–H groups in total. The largest absolute Gasteiger partial charge is 0.464 e. The van der Waals surface area contributed by atoms with Crippen LogP contribution in [0.2, 0.25) is 0 Å². The lowest BCUT2D eigenvalue weighted by Crippen LogP contribution is -2.06. The number of rotatable bonds is 3. The average molecular weight is 300 g/mol. The Balaban J connectivity index is 2.05. The molecule has 3 rings (SSSR count). The summed E-state index contributed by atoms with van der Waals surface area (Å²) < 4.78 is 18.8. The maximum atomic E-state index is 12.6. The molecule has 0 spiro atoms. The SMILES string of the molecule is COC(=O)c1cc2ccn(S(=O)c3ccccc3)c2cn1. The Kier molecular flexibility index (Phi) is 3.53. The number of carbonyl (C=O) groups excluding carboxylic acids is 1. The second-order valence-electron chi connectivity index (χ2n) is 4.32. The van der Waals surface area contributed by atoms with Crippen molar-refractivity contribution in [3.8, 4) is 0 Å². The Labute approximate surface area is 123 Å². The van der Waals surface area contributed by atoms with Gasteiger partial charge in [-0.1, -0.05) is 18.2 Å². The van der Waals surface area contributed by atoms with Gasteiger partial charge in [-0.05, 0) is 24.3 Å². The second-order valence-corrected chi connectivity index (χ2v) is 5.69. The third-order valence-electron chi connectivity index (χ3n) is 3.06. The summed E-state index contributed by atoms with van der Waals surface area (Å²) in [7, 11) is -0.0395. The molecule has 1 aromatic carbocycles. The number of aromatic nitrogens is 2. The number of nitrogens with zero attached hydrogens (tertiary/aromatic N) is 2. The predicted octanol–water partition coefficient (Wildman–Crippen LogP) is 2.39. The van der Waals surface area contributed by atoms with Crippen molar-refractivity contribution in [2.24, 2.45) is 0 Å². The van der Waals surface area contributed by atoms with E-state index in [1.165, 1.54) is 13.3 Å². The van der Waals surface area contributed by atoms with Gasteiger partial charge in [0.2, 0.25) is 0 Å². The molecule has 0 aliphatic carbocycles. The summed E-state index contributed by atoms with van der Waals surface area (Å²) in [4.78, 5) is 16.2. The van der Waals surface area contributed by atoms with E-state index in [4.69, 9.17) is 0 Å². The van der Waals surface area contributed by atoms with Crippen molar-refractivity contribution in [2.45, 2.75) is 4.90 Å². The zero-order valence-corrected chi connectivity index (χ0v) is 12.0. The normalized spacial score (nSPS) is 12.2. The van der Waals surface area contributed by atoms with E-state index in [1.54, 1.807) is 34.4 Å². The van der Waals surface area contributed by atoms with Crippen molar-refractivity contribution >= 4 is 27.9 Å². The van der Waals surface area contributed by atoms with Crippen LogP contribution in [-0.4, -0.2) is 26.2 Å². The molecule has 1 unspecified atom stereocenters. The van der Waals surface area contributed by atoms with E-state index in [0.717, 1.165) is 5.39 Å². The summed E-state index contributed by atoms with van der Waals surface area (Å²) in [5.41, 5.74) is 0.929. The Morgan fingerprint density at radius 1 is 1.24 bits per heavy atom. The number of ether oxygens (including phenoxy) is 1. The minimum atomic E-state index is -1.35. The first-order valence-electron chi connectivity index (χ1n) is 6.23. The van der Waals surface area contributed by atoms with Crippen LogP contribution in [0.4, 0.5) is 0 Å². The van der Waals surface area contributed by atoms with E-state index in [-0.39, 0.29) is 5.69 Å². The highest BCUT2D eigenvalue weighted by Crippen LogP contribution is 2.20. The maximum Gasteiger partial charge on any atom is 0.356 e. The Morgan fingerprint density at radius 2 is 2.00 bits per heavy atom. The van der Waals surface area contributed by atoms with E-state index in [0.29, 0.717) is 10.4 Å². The van der Waals surface area contributed by atoms with E-state index in [2.05, 4.69) is 9.72 Å². The smallest absolute Gasteiger partial charge is 0.356 e. The summed E-state index contributed by atoms with van der Waals surface area (Å²) in [6, 6.07) is 12.6. The number of carbonyl (C=O) groups is 1. The van der Waals surface area contributed by atoms with Gasteiger partial charge >= 0.3 is 5.97 Å². The molecule has 2 heterocycles. The molecule has 0 saturated carbocycles. The molecule has 0 bridgehead atoms. The summed E-state index contributed by atoms with van der Waals surface area (Å²) in [6.07, 6.45) is 3.25. The highest BCUT2D eigenvalue weighted by molar-refractivity contribution is 7.83. The van der Waals surface area contributed by atoms with Crippen LogP contribution in [0, 0.1) is 0 Å². The van der Waals surface area contributed by atoms with Gasteiger partial charge in [0.1, 0.15) is 5.69 Å². The first-order chi connectivity index (χ1) is 10.2. The van der Waals surface area contributed by atoms with Crippen LogP contribution < -0.4 is 0 Å². The molecule has 2 aromatic heterocycles. The van der Waals surface area contributed by atoms with E-state index in [9.17, 15) is 9.00 Å². The summed E-state index contributed by atoms with van der Waals surface area (Å²) in [5.74, 6) is -0.492. The van der Waals surface area contributed by atoms with Gasteiger partial charge in [-0.25, -0.2) is 14.0 Å². The fraction of sp³-hybridized carbons (Fsp3) is 0.0667. The molecule has 0 saturated heterocycles. The van der Waals surface area contributed by atoms with E-state index < -0.39 is 17.0 Å². The van der Waals surface area contributed by atoms with Crippen molar-refractivity contribution in [2.75, 3.05) is 7.11 Å². The van der Waals surface area contributed by atoms with Crippen LogP contribution in [0.15, 0.2) is 59.8 Å². The lowest BCUT2D eigenvalue weighted by atomic mass is 10.2. The number of benzene rings is 1. The molecule has 6 heteroatoms. The Morgan fingerprint density at radius 3 is 2.71 bits per heavy atom. The minimum Gasteiger partial charge on any atom is -0.464 e. The molecule has 5 nitrogen and oxygen atoms in total. The third kappa shape index (κ3) is 2.45. The number of fused-ring (bicyclic) bond motifs is 1. The highest BCUT2D eigenvalue weighted by atomic mass is 32.2. The van der Waals surface area contributed by atoms with Crippen LogP contribution in [0.5, 0.6) is 0 Å². The molecule has 3 aromatic rings. The Hall–Kier alpha value is -2.47. The number of hydrogen-bond donors (Lipinski definition) is 0. The summed E-state index contributed by atoms with van der Waals surface area (Å²) in [6.45, 7) is 0. The lowest BCUT2D eigenvalue weighted by Gasteiger charge is -2.05. The number of hydrogen-bond acceptors (Lipinski definition) is 4. The average Bonchev–Trinajstić information content (AvgIpc) is 2.97. The third-order valence-corrected chi connectivity index (χ3v) is 4.41. The molecular formula is C15H12N2O3S. The van der Waals surface area contributed by atoms with Gasteiger partial charge in [0, 0.05) is 11.6 Å². The molecule has 0 aliphatic rings. The fourth-order valence-electron chi connectivity index (χ4n) is 2.02. The number of methoxy groups -OCH3 is 1. The van der Waals surface area contributed by atoms with Gasteiger partial charge in [-0.2, -0.15) is 0 Å². The number of esters is 1. The number of pyridine rings is 1. The van der Waals surface area contributed by atoms with Crippen LogP contribution >= 0.6 is 0 Å². The molecule has 1 atom stereocenters. The van der Waals surface area contributed by atoms with Gasteiger partial charge < -0.3 is 4.74 Å². The maximum absolute atomic E-state index is 12.6. The van der Waals surface area contributed by atoms with Crippen molar-refractivity contribution < 1.29 is 13.7 Å². The first kappa shape index (κ1) is 13.5.